The molecule has 3 rings (SSSR count). The molecule has 7 heteroatoms. The molecule has 1 saturated heterocycles. The van der Waals surface area contributed by atoms with E-state index in [9.17, 15) is 4.79 Å². The summed E-state index contributed by atoms with van der Waals surface area (Å²) in [7, 11) is 0. The molecule has 0 atom stereocenters. The van der Waals surface area contributed by atoms with Gasteiger partial charge >= 0.3 is 0 Å². The van der Waals surface area contributed by atoms with Crippen molar-refractivity contribution in [2.45, 2.75) is 34.1 Å². The molecular weight excluding hydrogens is 502 g/mol. The van der Waals surface area contributed by atoms with Gasteiger partial charge in [-0.3, -0.25) is 9.69 Å². The lowest BCUT2D eigenvalue weighted by Gasteiger charge is -2.37. The standard InChI is InChI=1S/C25H34N3OS2.BrH/c1-5-27-24(29)23(31-25(27)30)15-14-20-16-18-26(22-13-10-9-12-21(20)22)17-11-19-28(6-2,7-3)8-4;/h9-10,12-16,18H,5-8,11,17,19H2,1-4H3;1H/q+1;/p-1/b20-14+,23-15-;. The Morgan fingerprint density at radius 1 is 1.06 bits per heavy atom. The zero-order chi connectivity index (χ0) is 22.4. The molecule has 1 fully saturated rings. The van der Waals surface area contributed by atoms with Gasteiger partial charge in [-0.2, -0.15) is 0 Å². The number of quaternary nitrogens is 1. The third kappa shape index (κ3) is 5.74. The summed E-state index contributed by atoms with van der Waals surface area (Å²) in [5.74, 6) is 0.00781. The number of halogens is 1. The third-order valence-corrected chi connectivity index (χ3v) is 8.00. The molecule has 0 saturated carbocycles. The van der Waals surface area contributed by atoms with E-state index in [2.05, 4.69) is 62.2 Å². The van der Waals surface area contributed by atoms with Crippen LogP contribution in [0.2, 0.25) is 0 Å². The van der Waals surface area contributed by atoms with Gasteiger partial charge in [0.05, 0.1) is 31.1 Å². The first-order chi connectivity index (χ1) is 15.0. The summed E-state index contributed by atoms with van der Waals surface area (Å²) >= 11 is 6.70. The van der Waals surface area contributed by atoms with Gasteiger partial charge in [0.25, 0.3) is 5.91 Å². The third-order valence-electron chi connectivity index (χ3n) is 6.61. The number of fused-ring (bicyclic) bond motifs is 1. The van der Waals surface area contributed by atoms with Crippen LogP contribution in [0.3, 0.4) is 0 Å². The second-order valence-electron chi connectivity index (χ2n) is 7.96. The molecule has 0 N–H and O–H groups in total. The van der Waals surface area contributed by atoms with Crippen molar-refractivity contribution in [2.75, 3.05) is 44.2 Å². The molecule has 1 aromatic carbocycles. The Morgan fingerprint density at radius 3 is 2.38 bits per heavy atom. The van der Waals surface area contributed by atoms with E-state index in [0.717, 1.165) is 18.5 Å². The van der Waals surface area contributed by atoms with Gasteiger partial charge < -0.3 is 26.4 Å². The zero-order valence-electron chi connectivity index (χ0n) is 19.5. The number of carbonyl (C=O) groups excluding carboxylic acids is 1. The number of carbonyl (C=O) groups is 1. The first-order valence-corrected chi connectivity index (χ1v) is 12.6. The average molecular weight is 537 g/mol. The van der Waals surface area contributed by atoms with Crippen LogP contribution in [0.25, 0.3) is 5.57 Å². The molecular formula is C25H34BrN3OS2. The lowest BCUT2D eigenvalue weighted by molar-refractivity contribution is -0.923. The minimum absolute atomic E-state index is 0. The highest BCUT2D eigenvalue weighted by Gasteiger charge is 2.30. The number of likely N-dealkylation sites (N-methyl/N-ethyl adjacent to an activating group) is 1. The van der Waals surface area contributed by atoms with Crippen LogP contribution in [-0.2, 0) is 4.79 Å². The van der Waals surface area contributed by atoms with Crippen LogP contribution in [0.1, 0.15) is 39.7 Å². The van der Waals surface area contributed by atoms with E-state index in [0.29, 0.717) is 15.8 Å². The molecule has 0 aromatic heterocycles. The minimum atomic E-state index is 0. The number of thioether (sulfide) groups is 1. The smallest absolute Gasteiger partial charge is 0.266 e. The number of nitrogens with zero attached hydrogens (tertiary/aromatic N) is 3. The molecule has 0 unspecified atom stereocenters. The number of thiocarbonyl (C=S) groups is 1. The number of para-hydroxylation sites is 1. The SMILES string of the molecule is CCN1C(=O)/C(=C/C=C2\C=CN(CCC[N+](CC)(CC)CC)c3ccccc32)SC1=S.[Br-]. The van der Waals surface area contributed by atoms with Crippen molar-refractivity contribution in [1.29, 1.82) is 0 Å². The van der Waals surface area contributed by atoms with Crippen molar-refractivity contribution < 1.29 is 26.3 Å². The fourth-order valence-electron chi connectivity index (χ4n) is 4.32. The van der Waals surface area contributed by atoms with Crippen LogP contribution >= 0.6 is 24.0 Å². The second-order valence-corrected chi connectivity index (χ2v) is 9.64. The highest BCUT2D eigenvalue weighted by Crippen LogP contribution is 2.35. The highest BCUT2D eigenvalue weighted by molar-refractivity contribution is 8.26. The molecule has 2 heterocycles. The van der Waals surface area contributed by atoms with Crippen LogP contribution in [0.5, 0.6) is 0 Å². The number of hydrogen-bond donors (Lipinski definition) is 0. The van der Waals surface area contributed by atoms with E-state index in [1.54, 1.807) is 4.90 Å². The predicted octanol–water partition coefficient (Wildman–Crippen LogP) is 2.44. The van der Waals surface area contributed by atoms with Gasteiger partial charge in [0.15, 0.2) is 0 Å². The van der Waals surface area contributed by atoms with Crippen molar-refractivity contribution in [3.05, 3.63) is 59.2 Å². The normalized spacial score (nSPS) is 18.5. The summed E-state index contributed by atoms with van der Waals surface area (Å²) in [6.45, 7) is 15.3. The Labute approximate surface area is 213 Å². The number of hydrogen-bond acceptors (Lipinski definition) is 4. The van der Waals surface area contributed by atoms with Crippen LogP contribution in [0, 0.1) is 0 Å². The fourth-order valence-corrected chi connectivity index (χ4v) is 5.65. The van der Waals surface area contributed by atoms with Gasteiger partial charge in [0.2, 0.25) is 0 Å². The first-order valence-electron chi connectivity index (χ1n) is 11.3. The van der Waals surface area contributed by atoms with Gasteiger partial charge in [0.1, 0.15) is 4.32 Å². The topological polar surface area (TPSA) is 23.6 Å². The van der Waals surface area contributed by atoms with Gasteiger partial charge in [-0.15, -0.1) is 0 Å². The number of allylic oxidation sites excluding steroid dienone is 4. The molecule has 174 valence electrons. The molecule has 0 spiro atoms. The molecule has 32 heavy (non-hydrogen) atoms. The summed E-state index contributed by atoms with van der Waals surface area (Å²) in [4.78, 5) is 17.2. The van der Waals surface area contributed by atoms with E-state index in [4.69, 9.17) is 12.2 Å². The molecule has 0 bridgehead atoms. The average Bonchev–Trinajstić information content (AvgIpc) is 3.08. The molecule has 1 aromatic rings. The second kappa shape index (κ2) is 12.2. The van der Waals surface area contributed by atoms with Crippen molar-refractivity contribution in [3.63, 3.8) is 0 Å². The van der Waals surface area contributed by atoms with Gasteiger partial charge in [0, 0.05) is 37.0 Å². The summed E-state index contributed by atoms with van der Waals surface area (Å²) in [5, 5.41) is 0. The Balaban J connectivity index is 0.00000363. The first kappa shape index (κ1) is 26.8. The van der Waals surface area contributed by atoms with Crippen LogP contribution in [-0.4, -0.2) is 58.9 Å². The Morgan fingerprint density at radius 2 is 1.75 bits per heavy atom. The maximum absolute atomic E-state index is 12.5. The number of rotatable bonds is 9. The van der Waals surface area contributed by atoms with E-state index in [1.807, 2.05) is 19.1 Å². The van der Waals surface area contributed by atoms with Crippen LogP contribution in [0.4, 0.5) is 5.69 Å². The largest absolute Gasteiger partial charge is 1.00 e. The summed E-state index contributed by atoms with van der Waals surface area (Å²) in [6.07, 6.45) is 9.45. The van der Waals surface area contributed by atoms with Gasteiger partial charge in [-0.1, -0.05) is 48.3 Å². The van der Waals surface area contributed by atoms with Crippen molar-refractivity contribution in [1.82, 2.24) is 4.90 Å². The number of anilines is 1. The van der Waals surface area contributed by atoms with Crippen molar-refractivity contribution >= 4 is 45.5 Å². The Kier molecular flexibility index (Phi) is 10.2. The highest BCUT2D eigenvalue weighted by atomic mass is 79.9. The molecule has 1 amide bonds. The molecule has 2 aliphatic rings. The summed E-state index contributed by atoms with van der Waals surface area (Å²) in [6, 6.07) is 8.52. The Bertz CT molecular complexity index is 913. The fraction of sp³-hybridized carbons (Fsp3) is 0.440. The van der Waals surface area contributed by atoms with Crippen LogP contribution < -0.4 is 21.9 Å². The van der Waals surface area contributed by atoms with Crippen molar-refractivity contribution in [3.8, 4) is 0 Å². The number of benzene rings is 1. The van der Waals surface area contributed by atoms with E-state index in [-0.39, 0.29) is 22.9 Å². The molecule has 2 aliphatic heterocycles. The van der Waals surface area contributed by atoms with Gasteiger partial charge in [-0.05, 0) is 51.5 Å². The lowest BCUT2D eigenvalue weighted by Crippen LogP contribution is -3.00. The van der Waals surface area contributed by atoms with E-state index < -0.39 is 0 Å². The minimum Gasteiger partial charge on any atom is -1.00 e. The van der Waals surface area contributed by atoms with Crippen LogP contribution in [0.15, 0.2) is 53.6 Å². The number of amides is 1. The van der Waals surface area contributed by atoms with E-state index >= 15 is 0 Å². The maximum Gasteiger partial charge on any atom is 0.266 e. The molecule has 0 aliphatic carbocycles. The van der Waals surface area contributed by atoms with E-state index in [1.165, 1.54) is 53.7 Å². The lowest BCUT2D eigenvalue weighted by atomic mass is 9.99. The maximum atomic E-state index is 12.5. The molecule has 0 radical (unpaired) electrons. The summed E-state index contributed by atoms with van der Waals surface area (Å²) < 4.78 is 1.82. The summed E-state index contributed by atoms with van der Waals surface area (Å²) in [5.41, 5.74) is 3.55. The molecule has 4 nitrogen and oxygen atoms in total. The quantitative estimate of drug-likeness (QED) is 0.275. The predicted molar refractivity (Wildman–Crippen MR) is 138 cm³/mol. The monoisotopic (exact) mass is 535 g/mol. The Hall–Kier alpha value is -1.41. The van der Waals surface area contributed by atoms with Gasteiger partial charge in [-0.25, -0.2) is 0 Å². The van der Waals surface area contributed by atoms with Crippen molar-refractivity contribution in [2.24, 2.45) is 0 Å². The zero-order valence-corrected chi connectivity index (χ0v) is 22.7.